The van der Waals surface area contributed by atoms with Crippen LogP contribution in [0.4, 0.5) is 5.82 Å². The molecule has 7 nitrogen and oxygen atoms in total. The Morgan fingerprint density at radius 2 is 1.93 bits per heavy atom. The Hall–Kier alpha value is -3.13. The molecule has 30 heavy (non-hydrogen) atoms. The molecule has 2 aromatic carbocycles. The zero-order chi connectivity index (χ0) is 20.9. The standard InChI is InChI=1S/C22H24N6OS/c1-3-10-23-19-18-14-25-28(20(18)27-22(26-19)30-2)12-11-24-21(29)17-9-8-15-6-4-5-7-16(15)13-17/h4-9,13-14H,3,10-12H2,1-2H3,(H,24,29)(H,23,26,27). The van der Waals surface area contributed by atoms with Gasteiger partial charge in [0.15, 0.2) is 10.8 Å². The fourth-order valence-electron chi connectivity index (χ4n) is 3.28. The Labute approximate surface area is 179 Å². The van der Waals surface area contributed by atoms with Crippen LogP contribution < -0.4 is 10.6 Å². The van der Waals surface area contributed by atoms with Crippen LogP contribution in [0.5, 0.6) is 0 Å². The van der Waals surface area contributed by atoms with Gasteiger partial charge in [0.1, 0.15) is 5.82 Å². The molecule has 0 spiro atoms. The summed E-state index contributed by atoms with van der Waals surface area (Å²) in [4.78, 5) is 21.7. The third-order valence-electron chi connectivity index (χ3n) is 4.82. The smallest absolute Gasteiger partial charge is 0.251 e. The van der Waals surface area contributed by atoms with Gasteiger partial charge in [-0.1, -0.05) is 49.0 Å². The van der Waals surface area contributed by atoms with Gasteiger partial charge < -0.3 is 10.6 Å². The Balaban J connectivity index is 1.47. The molecule has 0 radical (unpaired) electrons. The van der Waals surface area contributed by atoms with E-state index < -0.39 is 0 Å². The van der Waals surface area contributed by atoms with Crippen molar-refractivity contribution in [1.29, 1.82) is 0 Å². The molecule has 0 bridgehead atoms. The highest BCUT2D eigenvalue weighted by molar-refractivity contribution is 7.98. The summed E-state index contributed by atoms with van der Waals surface area (Å²) in [5, 5.41) is 14.6. The van der Waals surface area contributed by atoms with Gasteiger partial charge in [0.05, 0.1) is 18.1 Å². The maximum absolute atomic E-state index is 12.6. The Bertz CT molecular complexity index is 1190. The van der Waals surface area contributed by atoms with Crippen molar-refractivity contribution in [2.45, 2.75) is 25.0 Å². The SMILES string of the molecule is CCCNc1nc(SC)nc2c1cnn2CCNC(=O)c1ccc2ccccc2c1. The van der Waals surface area contributed by atoms with Gasteiger partial charge in [0.2, 0.25) is 0 Å². The molecule has 2 aromatic heterocycles. The quantitative estimate of drug-likeness (QED) is 0.332. The van der Waals surface area contributed by atoms with Crippen molar-refractivity contribution in [3.05, 3.63) is 54.2 Å². The van der Waals surface area contributed by atoms with Gasteiger partial charge in [-0.05, 0) is 35.6 Å². The van der Waals surface area contributed by atoms with Crippen molar-refractivity contribution >= 4 is 45.3 Å². The minimum Gasteiger partial charge on any atom is -0.369 e. The van der Waals surface area contributed by atoms with E-state index in [0.29, 0.717) is 23.8 Å². The number of hydrogen-bond donors (Lipinski definition) is 2. The van der Waals surface area contributed by atoms with Gasteiger partial charge in [0.25, 0.3) is 5.91 Å². The molecule has 0 unspecified atom stereocenters. The molecule has 8 heteroatoms. The van der Waals surface area contributed by atoms with Crippen LogP contribution in [0.3, 0.4) is 0 Å². The highest BCUT2D eigenvalue weighted by Gasteiger charge is 2.13. The molecule has 2 N–H and O–H groups in total. The topological polar surface area (TPSA) is 84.7 Å². The molecule has 0 aliphatic carbocycles. The number of nitrogens with zero attached hydrogens (tertiary/aromatic N) is 4. The van der Waals surface area contributed by atoms with E-state index in [4.69, 9.17) is 0 Å². The fraction of sp³-hybridized carbons (Fsp3) is 0.273. The first-order chi connectivity index (χ1) is 14.7. The van der Waals surface area contributed by atoms with Crippen molar-refractivity contribution in [3.63, 3.8) is 0 Å². The number of hydrogen-bond acceptors (Lipinski definition) is 6. The minimum atomic E-state index is -0.0954. The number of carbonyl (C=O) groups excluding carboxylic acids is 1. The first kappa shape index (κ1) is 20.2. The third kappa shape index (κ3) is 4.23. The lowest BCUT2D eigenvalue weighted by atomic mass is 10.1. The van der Waals surface area contributed by atoms with E-state index in [2.05, 4.69) is 32.6 Å². The molecule has 1 amide bonds. The van der Waals surface area contributed by atoms with Crippen LogP contribution in [0, 0.1) is 0 Å². The summed E-state index contributed by atoms with van der Waals surface area (Å²) in [7, 11) is 0. The van der Waals surface area contributed by atoms with E-state index in [9.17, 15) is 4.79 Å². The Kier molecular flexibility index (Phi) is 6.13. The minimum absolute atomic E-state index is 0.0954. The molecule has 0 saturated carbocycles. The molecule has 0 saturated heterocycles. The van der Waals surface area contributed by atoms with E-state index in [1.54, 1.807) is 6.20 Å². The first-order valence-corrected chi connectivity index (χ1v) is 11.2. The number of rotatable bonds is 8. The van der Waals surface area contributed by atoms with Crippen LogP contribution in [0.1, 0.15) is 23.7 Å². The number of amides is 1. The van der Waals surface area contributed by atoms with E-state index in [0.717, 1.165) is 40.6 Å². The maximum atomic E-state index is 12.6. The molecular formula is C22H24N6OS. The molecule has 0 aliphatic heterocycles. The summed E-state index contributed by atoms with van der Waals surface area (Å²) in [5.74, 6) is 0.708. The second kappa shape index (κ2) is 9.13. The molecule has 0 fully saturated rings. The number of fused-ring (bicyclic) bond motifs is 2. The molecule has 4 aromatic rings. The van der Waals surface area contributed by atoms with Crippen molar-refractivity contribution in [2.24, 2.45) is 0 Å². The molecular weight excluding hydrogens is 396 g/mol. The van der Waals surface area contributed by atoms with Crippen LogP contribution in [-0.4, -0.2) is 45.0 Å². The van der Waals surface area contributed by atoms with Crippen LogP contribution in [0.2, 0.25) is 0 Å². The number of anilines is 1. The third-order valence-corrected chi connectivity index (χ3v) is 5.37. The summed E-state index contributed by atoms with van der Waals surface area (Å²) in [6.07, 6.45) is 4.74. The zero-order valence-electron chi connectivity index (χ0n) is 17.1. The predicted octanol–water partition coefficient (Wildman–Crippen LogP) is 3.95. The predicted molar refractivity (Wildman–Crippen MR) is 122 cm³/mol. The lowest BCUT2D eigenvalue weighted by Gasteiger charge is -2.09. The summed E-state index contributed by atoms with van der Waals surface area (Å²) >= 11 is 1.50. The van der Waals surface area contributed by atoms with Crippen LogP contribution in [0.15, 0.2) is 53.8 Å². The summed E-state index contributed by atoms with van der Waals surface area (Å²) in [6, 6.07) is 13.7. The highest BCUT2D eigenvalue weighted by Crippen LogP contribution is 2.23. The number of carbonyl (C=O) groups is 1. The van der Waals surface area contributed by atoms with E-state index in [1.165, 1.54) is 11.8 Å². The Morgan fingerprint density at radius 3 is 2.73 bits per heavy atom. The number of aromatic nitrogens is 4. The first-order valence-electron chi connectivity index (χ1n) is 9.98. The molecule has 0 aliphatic rings. The van der Waals surface area contributed by atoms with Crippen molar-refractivity contribution < 1.29 is 4.79 Å². The van der Waals surface area contributed by atoms with Crippen molar-refractivity contribution in [3.8, 4) is 0 Å². The zero-order valence-corrected chi connectivity index (χ0v) is 17.9. The molecule has 2 heterocycles. The van der Waals surface area contributed by atoms with Crippen molar-refractivity contribution in [1.82, 2.24) is 25.1 Å². The van der Waals surface area contributed by atoms with Gasteiger partial charge in [-0.15, -0.1) is 0 Å². The molecule has 154 valence electrons. The average molecular weight is 421 g/mol. The Morgan fingerprint density at radius 1 is 1.10 bits per heavy atom. The number of benzene rings is 2. The van der Waals surface area contributed by atoms with Crippen LogP contribution in [0.25, 0.3) is 21.8 Å². The van der Waals surface area contributed by atoms with Gasteiger partial charge in [-0.3, -0.25) is 4.79 Å². The summed E-state index contributed by atoms with van der Waals surface area (Å²) in [5.41, 5.74) is 1.42. The molecule has 0 atom stereocenters. The number of nitrogens with one attached hydrogen (secondary N) is 2. The lowest BCUT2D eigenvalue weighted by molar-refractivity contribution is 0.0952. The van der Waals surface area contributed by atoms with Crippen LogP contribution >= 0.6 is 11.8 Å². The van der Waals surface area contributed by atoms with E-state index in [1.807, 2.05) is 53.4 Å². The largest absolute Gasteiger partial charge is 0.369 e. The normalized spacial score (nSPS) is 11.1. The van der Waals surface area contributed by atoms with Gasteiger partial charge in [0, 0.05) is 18.7 Å². The second-order valence-corrected chi connectivity index (χ2v) is 7.68. The second-order valence-electron chi connectivity index (χ2n) is 6.91. The monoisotopic (exact) mass is 420 g/mol. The van der Waals surface area contributed by atoms with Gasteiger partial charge in [-0.25, -0.2) is 14.6 Å². The lowest BCUT2D eigenvalue weighted by Crippen LogP contribution is -2.27. The summed E-state index contributed by atoms with van der Waals surface area (Å²) < 4.78 is 1.81. The average Bonchev–Trinajstić information content (AvgIpc) is 3.19. The maximum Gasteiger partial charge on any atom is 0.251 e. The number of thioether (sulfide) groups is 1. The van der Waals surface area contributed by atoms with Gasteiger partial charge >= 0.3 is 0 Å². The van der Waals surface area contributed by atoms with Gasteiger partial charge in [-0.2, -0.15) is 5.10 Å². The van der Waals surface area contributed by atoms with E-state index in [-0.39, 0.29) is 5.91 Å². The molecule has 4 rings (SSSR count). The van der Waals surface area contributed by atoms with E-state index >= 15 is 0 Å². The van der Waals surface area contributed by atoms with Crippen LogP contribution in [-0.2, 0) is 6.54 Å². The van der Waals surface area contributed by atoms with Crippen molar-refractivity contribution in [2.75, 3.05) is 24.7 Å². The fourth-order valence-corrected chi connectivity index (χ4v) is 3.64. The highest BCUT2D eigenvalue weighted by atomic mass is 32.2. The summed E-state index contributed by atoms with van der Waals surface area (Å²) in [6.45, 7) is 3.94.